The van der Waals surface area contributed by atoms with Crippen LogP contribution in [0.2, 0.25) is 0 Å². The van der Waals surface area contributed by atoms with E-state index in [9.17, 15) is 9.18 Å². The fourth-order valence-corrected chi connectivity index (χ4v) is 1.12. The van der Waals surface area contributed by atoms with Crippen LogP contribution in [-0.2, 0) is 11.2 Å². The number of aliphatic hydroxyl groups is 1. The summed E-state index contributed by atoms with van der Waals surface area (Å²) in [6, 6.07) is 6.20. The van der Waals surface area contributed by atoms with Crippen LogP contribution in [-0.4, -0.2) is 22.9 Å². The maximum Gasteiger partial charge on any atom is 0.307 e. The smallest absolute Gasteiger partial charge is 0.307 e. The average molecular weight is 198 g/mol. The molecule has 0 aliphatic rings. The molecular formula is C10H11FO3. The minimum absolute atomic E-state index is 0.0635. The summed E-state index contributed by atoms with van der Waals surface area (Å²) in [5.41, 5.74) is 1.09. The molecule has 14 heavy (non-hydrogen) atoms. The second kappa shape index (κ2) is 4.72. The Morgan fingerprint density at radius 2 is 1.93 bits per heavy atom. The van der Waals surface area contributed by atoms with E-state index in [-0.39, 0.29) is 6.42 Å². The van der Waals surface area contributed by atoms with Crippen LogP contribution in [0.15, 0.2) is 24.3 Å². The van der Waals surface area contributed by atoms with Crippen LogP contribution in [0.3, 0.4) is 0 Å². The van der Waals surface area contributed by atoms with E-state index >= 15 is 0 Å². The van der Waals surface area contributed by atoms with Gasteiger partial charge in [-0.25, -0.2) is 4.39 Å². The highest BCUT2D eigenvalue weighted by atomic mass is 19.1. The Balaban J connectivity index is 2.73. The Morgan fingerprint density at radius 1 is 1.36 bits per heavy atom. The molecule has 1 aromatic carbocycles. The molecule has 0 aliphatic carbocycles. The van der Waals surface area contributed by atoms with E-state index in [4.69, 9.17) is 10.2 Å². The van der Waals surface area contributed by atoms with Gasteiger partial charge < -0.3 is 10.2 Å². The van der Waals surface area contributed by atoms with Gasteiger partial charge in [-0.15, -0.1) is 0 Å². The fraction of sp³-hybridized carbons (Fsp3) is 0.300. The molecule has 1 aromatic rings. The molecule has 0 bridgehead atoms. The summed E-state index contributed by atoms with van der Waals surface area (Å²) >= 11 is 0. The lowest BCUT2D eigenvalue weighted by Crippen LogP contribution is -2.02. The van der Waals surface area contributed by atoms with Crippen LogP contribution in [0.5, 0.6) is 0 Å². The van der Waals surface area contributed by atoms with Gasteiger partial charge in [-0.05, 0) is 11.1 Å². The largest absolute Gasteiger partial charge is 0.481 e. The fourth-order valence-electron chi connectivity index (χ4n) is 1.12. The van der Waals surface area contributed by atoms with E-state index in [2.05, 4.69) is 0 Å². The second-order valence-electron chi connectivity index (χ2n) is 2.98. The van der Waals surface area contributed by atoms with Crippen molar-refractivity contribution in [3.63, 3.8) is 0 Å². The molecule has 0 saturated carbocycles. The van der Waals surface area contributed by atoms with Crippen molar-refractivity contribution in [3.05, 3.63) is 35.4 Å². The Morgan fingerprint density at radius 3 is 2.36 bits per heavy atom. The van der Waals surface area contributed by atoms with Crippen molar-refractivity contribution in [1.29, 1.82) is 0 Å². The second-order valence-corrected chi connectivity index (χ2v) is 2.98. The van der Waals surface area contributed by atoms with E-state index < -0.39 is 18.7 Å². The number of rotatable bonds is 4. The third kappa shape index (κ3) is 2.81. The minimum atomic E-state index is -1.12. The highest BCUT2D eigenvalue weighted by molar-refractivity contribution is 5.70. The van der Waals surface area contributed by atoms with Gasteiger partial charge >= 0.3 is 5.97 Å². The first-order valence-electron chi connectivity index (χ1n) is 4.18. The zero-order valence-corrected chi connectivity index (χ0v) is 7.48. The zero-order valence-electron chi connectivity index (χ0n) is 7.48. The summed E-state index contributed by atoms with van der Waals surface area (Å²) in [7, 11) is 0. The maximum absolute atomic E-state index is 12.0. The van der Waals surface area contributed by atoms with Gasteiger partial charge in [0.15, 0.2) is 0 Å². The molecule has 4 heteroatoms. The van der Waals surface area contributed by atoms with Gasteiger partial charge in [0, 0.05) is 0 Å². The van der Waals surface area contributed by atoms with E-state index in [0.29, 0.717) is 11.1 Å². The lowest BCUT2D eigenvalue weighted by molar-refractivity contribution is -0.136. The van der Waals surface area contributed by atoms with Crippen molar-refractivity contribution in [3.8, 4) is 0 Å². The highest BCUT2D eigenvalue weighted by Crippen LogP contribution is 2.14. The molecule has 3 nitrogen and oxygen atoms in total. The molecule has 0 heterocycles. The van der Waals surface area contributed by atoms with E-state index in [1.165, 1.54) is 12.1 Å². The van der Waals surface area contributed by atoms with Gasteiger partial charge in [0.2, 0.25) is 0 Å². The van der Waals surface area contributed by atoms with Crippen LogP contribution >= 0.6 is 0 Å². The quantitative estimate of drug-likeness (QED) is 0.767. The predicted octanol–water partition coefficient (Wildman–Crippen LogP) is 1.32. The van der Waals surface area contributed by atoms with Crippen molar-refractivity contribution >= 4 is 5.97 Å². The van der Waals surface area contributed by atoms with Crippen LogP contribution < -0.4 is 0 Å². The van der Waals surface area contributed by atoms with Crippen molar-refractivity contribution < 1.29 is 19.4 Å². The molecule has 0 saturated heterocycles. The number of halogens is 1. The van der Waals surface area contributed by atoms with Crippen molar-refractivity contribution in [2.45, 2.75) is 12.5 Å². The number of aliphatic carboxylic acids is 1. The Kier molecular flexibility index (Phi) is 3.59. The van der Waals surface area contributed by atoms with E-state index in [1.807, 2.05) is 0 Å². The predicted molar refractivity (Wildman–Crippen MR) is 48.7 cm³/mol. The van der Waals surface area contributed by atoms with Gasteiger partial charge in [-0.1, -0.05) is 24.3 Å². The van der Waals surface area contributed by atoms with Crippen molar-refractivity contribution in [2.75, 3.05) is 6.67 Å². The monoisotopic (exact) mass is 198 g/mol. The maximum atomic E-state index is 12.0. The molecule has 1 unspecified atom stereocenters. The molecule has 0 aliphatic heterocycles. The Hall–Kier alpha value is -1.42. The molecule has 0 spiro atoms. The van der Waals surface area contributed by atoms with Gasteiger partial charge in [-0.3, -0.25) is 4.79 Å². The molecular weight excluding hydrogens is 187 g/mol. The number of hydrogen-bond donors (Lipinski definition) is 2. The number of aliphatic hydroxyl groups excluding tert-OH is 1. The third-order valence-electron chi connectivity index (χ3n) is 1.87. The first-order valence-corrected chi connectivity index (χ1v) is 4.18. The van der Waals surface area contributed by atoms with Crippen LogP contribution in [0, 0.1) is 0 Å². The SMILES string of the molecule is O=C(O)Cc1ccc(C(O)CF)cc1. The molecule has 2 N–H and O–H groups in total. The molecule has 0 amide bonds. The Labute approximate surface area is 80.8 Å². The minimum Gasteiger partial charge on any atom is -0.481 e. The van der Waals surface area contributed by atoms with Gasteiger partial charge in [0.05, 0.1) is 6.42 Å². The summed E-state index contributed by atoms with van der Waals surface area (Å²) in [5, 5.41) is 17.6. The normalized spacial score (nSPS) is 12.4. The molecule has 1 rings (SSSR count). The van der Waals surface area contributed by atoms with Gasteiger partial charge in [-0.2, -0.15) is 0 Å². The summed E-state index contributed by atoms with van der Waals surface area (Å²) in [4.78, 5) is 10.3. The van der Waals surface area contributed by atoms with Gasteiger partial charge in [0.25, 0.3) is 0 Å². The first kappa shape index (κ1) is 10.7. The van der Waals surface area contributed by atoms with Crippen molar-refractivity contribution in [1.82, 2.24) is 0 Å². The molecule has 76 valence electrons. The van der Waals surface area contributed by atoms with Crippen LogP contribution in [0.4, 0.5) is 4.39 Å². The lowest BCUT2D eigenvalue weighted by Gasteiger charge is -2.06. The topological polar surface area (TPSA) is 57.5 Å². The third-order valence-corrected chi connectivity index (χ3v) is 1.87. The average Bonchev–Trinajstić information content (AvgIpc) is 2.17. The number of carbonyl (C=O) groups is 1. The number of carboxylic acid groups (broad SMARTS) is 1. The van der Waals surface area contributed by atoms with Crippen LogP contribution in [0.25, 0.3) is 0 Å². The molecule has 0 radical (unpaired) electrons. The highest BCUT2D eigenvalue weighted by Gasteiger charge is 2.06. The van der Waals surface area contributed by atoms with E-state index in [0.717, 1.165) is 0 Å². The van der Waals surface area contributed by atoms with E-state index in [1.54, 1.807) is 12.1 Å². The molecule has 0 fully saturated rings. The first-order chi connectivity index (χ1) is 6.63. The standard InChI is InChI=1S/C10H11FO3/c11-6-9(12)8-3-1-7(2-4-8)5-10(13)14/h1-4,9,12H,5-6H2,(H,13,14). The molecule has 0 aromatic heterocycles. The van der Waals surface area contributed by atoms with Gasteiger partial charge in [0.1, 0.15) is 12.8 Å². The summed E-state index contributed by atoms with van der Waals surface area (Å²) in [6.07, 6.45) is -1.18. The van der Waals surface area contributed by atoms with Crippen molar-refractivity contribution in [2.24, 2.45) is 0 Å². The number of alkyl halides is 1. The Bertz CT molecular complexity index is 308. The van der Waals surface area contributed by atoms with Crippen LogP contribution in [0.1, 0.15) is 17.2 Å². The summed E-state index contributed by atoms with van der Waals surface area (Å²) < 4.78 is 12.0. The number of hydrogen-bond acceptors (Lipinski definition) is 2. The lowest BCUT2D eigenvalue weighted by atomic mass is 10.1. The summed E-state index contributed by atoms with van der Waals surface area (Å²) in [6.45, 7) is -0.835. The zero-order chi connectivity index (χ0) is 10.6. The number of benzene rings is 1. The molecule has 1 atom stereocenters. The summed E-state index contributed by atoms with van der Waals surface area (Å²) in [5.74, 6) is -0.913. The number of carboxylic acids is 1.